The minimum Gasteiger partial charge on any atom is -0.453 e. The molecule has 0 fully saturated rings. The highest BCUT2D eigenvalue weighted by molar-refractivity contribution is 5.90. The Morgan fingerprint density at radius 1 is 1.16 bits per heavy atom. The third-order valence-electron chi connectivity index (χ3n) is 6.34. The Labute approximate surface area is 256 Å². The number of fused-ring (bicyclic) bond motifs is 1. The summed E-state index contributed by atoms with van der Waals surface area (Å²) in [5.74, 6) is 0.153. The van der Waals surface area contributed by atoms with Crippen LogP contribution in [0, 0.1) is 17.7 Å². The summed E-state index contributed by atoms with van der Waals surface area (Å²) in [5, 5.41) is 2.73. The number of H-pyrrole nitrogens is 1. The molecule has 12 nitrogen and oxygen atoms in total. The Morgan fingerprint density at radius 2 is 1.82 bits per heavy atom. The number of imidazole rings is 1. The van der Waals surface area contributed by atoms with Crippen molar-refractivity contribution in [2.75, 3.05) is 26.5 Å². The maximum Gasteiger partial charge on any atom is 0.404 e. The molecule has 13 heteroatoms. The Kier molecular flexibility index (Phi) is 13.7. The van der Waals surface area contributed by atoms with Gasteiger partial charge in [-0.3, -0.25) is 19.4 Å². The van der Waals surface area contributed by atoms with Crippen molar-refractivity contribution in [3.8, 4) is 0 Å². The van der Waals surface area contributed by atoms with E-state index < -0.39 is 11.9 Å². The van der Waals surface area contributed by atoms with Gasteiger partial charge in [0, 0.05) is 26.2 Å². The van der Waals surface area contributed by atoms with Crippen LogP contribution in [0.3, 0.4) is 0 Å². The number of anilines is 1. The molecular formula is C31H44FN7O5. The standard InChI is InChI=1S/C29H39FN6O3.C2H5NO2/c1-18(2)14-20-12-13-22(32-25(37)10-8-7-9-11-26(38)35(5)6)29(39)36(20)17-24-33-27-21(30)16-31-23(15-19(3)4)28(27)34-24;1-5-2(3)4/h9,11-13,16,18-19H,7-8,10,14-15,17H2,1-6H3,(H,32,37)(H,33,34);1H3,(H2,3,4)/b11-9+;. The van der Waals surface area contributed by atoms with E-state index >= 15 is 0 Å². The predicted molar refractivity (Wildman–Crippen MR) is 168 cm³/mol. The number of rotatable bonds is 12. The summed E-state index contributed by atoms with van der Waals surface area (Å²) in [5.41, 5.74) is 6.54. The van der Waals surface area contributed by atoms with Gasteiger partial charge in [-0.15, -0.1) is 0 Å². The number of allylic oxidation sites excluding steroid dienone is 1. The third-order valence-corrected chi connectivity index (χ3v) is 6.34. The Morgan fingerprint density at radius 3 is 2.41 bits per heavy atom. The Hall–Kier alpha value is -4.55. The van der Waals surface area contributed by atoms with Gasteiger partial charge in [0.1, 0.15) is 17.0 Å². The molecule has 0 atom stereocenters. The molecule has 0 radical (unpaired) electrons. The van der Waals surface area contributed by atoms with Gasteiger partial charge in [0.05, 0.1) is 31.1 Å². The highest BCUT2D eigenvalue weighted by Crippen LogP contribution is 2.21. The first-order valence-electron chi connectivity index (χ1n) is 14.5. The molecule has 4 N–H and O–H groups in total. The zero-order valence-corrected chi connectivity index (χ0v) is 26.6. The van der Waals surface area contributed by atoms with Gasteiger partial charge in [-0.25, -0.2) is 14.2 Å². The molecule has 3 amide bonds. The van der Waals surface area contributed by atoms with Gasteiger partial charge in [-0.1, -0.05) is 33.8 Å². The van der Waals surface area contributed by atoms with Crippen LogP contribution in [-0.4, -0.2) is 63.5 Å². The first-order chi connectivity index (χ1) is 20.7. The van der Waals surface area contributed by atoms with Gasteiger partial charge >= 0.3 is 6.09 Å². The van der Waals surface area contributed by atoms with E-state index in [0.717, 1.165) is 11.4 Å². The van der Waals surface area contributed by atoms with Crippen molar-refractivity contribution >= 4 is 34.6 Å². The van der Waals surface area contributed by atoms with E-state index in [1.807, 2.05) is 6.07 Å². The summed E-state index contributed by atoms with van der Waals surface area (Å²) in [6.07, 6.45) is 6.30. The lowest BCUT2D eigenvalue weighted by Gasteiger charge is -2.16. The molecular weight excluding hydrogens is 569 g/mol. The molecule has 3 aromatic heterocycles. The lowest BCUT2D eigenvalue weighted by Crippen LogP contribution is -2.29. The number of nitrogens with zero attached hydrogens (tertiary/aromatic N) is 4. The number of nitrogens with one attached hydrogen (secondary N) is 2. The largest absolute Gasteiger partial charge is 0.453 e. The normalized spacial score (nSPS) is 11.1. The number of pyridine rings is 2. The van der Waals surface area contributed by atoms with E-state index in [-0.39, 0.29) is 41.5 Å². The molecule has 0 bridgehead atoms. The maximum atomic E-state index is 14.5. The van der Waals surface area contributed by atoms with Crippen molar-refractivity contribution in [3.63, 3.8) is 0 Å². The summed E-state index contributed by atoms with van der Waals surface area (Å²) in [6, 6.07) is 3.47. The summed E-state index contributed by atoms with van der Waals surface area (Å²) >= 11 is 0. The molecule has 0 unspecified atom stereocenters. The van der Waals surface area contributed by atoms with Crippen LogP contribution >= 0.6 is 0 Å². The second-order valence-electron chi connectivity index (χ2n) is 11.4. The van der Waals surface area contributed by atoms with Crippen LogP contribution in [0.4, 0.5) is 14.9 Å². The van der Waals surface area contributed by atoms with Gasteiger partial charge in [0.2, 0.25) is 11.8 Å². The lowest BCUT2D eigenvalue weighted by molar-refractivity contribution is -0.123. The molecule has 3 heterocycles. The number of nitrogens with two attached hydrogens (primary N) is 1. The number of hydrogen-bond donors (Lipinski definition) is 3. The monoisotopic (exact) mass is 613 g/mol. The van der Waals surface area contributed by atoms with Crippen LogP contribution in [0.25, 0.3) is 11.0 Å². The first-order valence-corrected chi connectivity index (χ1v) is 14.5. The minimum absolute atomic E-state index is 0.102. The van der Waals surface area contributed by atoms with Gasteiger partial charge in [-0.2, -0.15) is 0 Å². The van der Waals surface area contributed by atoms with Crippen molar-refractivity contribution in [1.29, 1.82) is 0 Å². The van der Waals surface area contributed by atoms with Crippen molar-refractivity contribution < 1.29 is 23.5 Å². The highest BCUT2D eigenvalue weighted by Gasteiger charge is 2.17. The van der Waals surface area contributed by atoms with Gasteiger partial charge in [-0.05, 0) is 55.7 Å². The average Bonchev–Trinajstić information content (AvgIpc) is 3.38. The molecule has 0 saturated heterocycles. The number of aromatic nitrogens is 4. The molecule has 44 heavy (non-hydrogen) atoms. The molecule has 0 saturated carbocycles. The minimum atomic E-state index is -0.745. The Balaban J connectivity index is 0.00000125. The van der Waals surface area contributed by atoms with Crippen molar-refractivity contribution in [3.05, 3.63) is 63.9 Å². The van der Waals surface area contributed by atoms with E-state index in [2.05, 4.69) is 58.4 Å². The lowest BCUT2D eigenvalue weighted by atomic mass is 10.1. The van der Waals surface area contributed by atoms with Crippen LogP contribution < -0.4 is 16.6 Å². The smallest absolute Gasteiger partial charge is 0.404 e. The number of aromatic amines is 1. The molecule has 0 aromatic carbocycles. The number of carbonyl (C=O) groups excluding carboxylic acids is 3. The summed E-state index contributed by atoms with van der Waals surface area (Å²) in [7, 11) is 4.57. The van der Waals surface area contributed by atoms with Crippen LogP contribution in [0.1, 0.15) is 64.2 Å². The number of amides is 3. The van der Waals surface area contributed by atoms with E-state index in [1.165, 1.54) is 24.3 Å². The maximum absolute atomic E-state index is 14.5. The molecule has 240 valence electrons. The van der Waals surface area contributed by atoms with E-state index in [1.54, 1.807) is 30.8 Å². The van der Waals surface area contributed by atoms with E-state index in [4.69, 9.17) is 0 Å². The molecule has 0 aliphatic rings. The second kappa shape index (κ2) is 16.9. The zero-order chi connectivity index (χ0) is 33.0. The second-order valence-corrected chi connectivity index (χ2v) is 11.4. The van der Waals surface area contributed by atoms with Crippen molar-refractivity contribution in [2.45, 2.75) is 66.3 Å². The number of unbranched alkanes of at least 4 members (excludes halogenated alkanes) is 1. The molecule has 0 aliphatic heterocycles. The number of hydrogen-bond acceptors (Lipinski definition) is 7. The fourth-order valence-electron chi connectivity index (χ4n) is 4.24. The molecule has 0 spiro atoms. The third kappa shape index (κ3) is 10.9. The Bertz CT molecular complexity index is 1530. The highest BCUT2D eigenvalue weighted by atomic mass is 19.1. The van der Waals surface area contributed by atoms with Crippen LogP contribution in [0.2, 0.25) is 0 Å². The summed E-state index contributed by atoms with van der Waals surface area (Å²) in [6.45, 7) is 8.35. The number of ether oxygens (including phenoxy) is 1. The summed E-state index contributed by atoms with van der Waals surface area (Å²) in [4.78, 5) is 60.4. The number of methoxy groups -OCH3 is 1. The van der Waals surface area contributed by atoms with Crippen LogP contribution in [0.5, 0.6) is 0 Å². The fraction of sp³-hybridized carbons (Fsp3) is 0.484. The predicted octanol–water partition coefficient (Wildman–Crippen LogP) is 4.17. The van der Waals surface area contributed by atoms with Gasteiger partial charge in [0.15, 0.2) is 5.82 Å². The van der Waals surface area contributed by atoms with Crippen molar-refractivity contribution in [1.82, 2.24) is 24.4 Å². The fourth-order valence-corrected chi connectivity index (χ4v) is 4.24. The van der Waals surface area contributed by atoms with Crippen LogP contribution in [0.15, 0.2) is 35.3 Å². The average molecular weight is 614 g/mol. The molecule has 3 aromatic rings. The van der Waals surface area contributed by atoms with Crippen LogP contribution in [-0.2, 0) is 33.7 Å². The number of carbonyl (C=O) groups is 3. The quantitative estimate of drug-likeness (QED) is 0.204. The number of likely N-dealkylation sites (N-methyl/N-ethyl adjacent to an activating group) is 1. The number of halogens is 1. The van der Waals surface area contributed by atoms with Gasteiger partial charge < -0.3 is 30.2 Å². The zero-order valence-electron chi connectivity index (χ0n) is 26.6. The molecule has 3 rings (SSSR count). The topological polar surface area (TPSA) is 165 Å². The van der Waals surface area contributed by atoms with Crippen molar-refractivity contribution in [2.24, 2.45) is 17.6 Å². The first kappa shape index (κ1) is 35.6. The van der Waals surface area contributed by atoms with Gasteiger partial charge in [0.25, 0.3) is 5.56 Å². The van der Waals surface area contributed by atoms with E-state index in [0.29, 0.717) is 48.9 Å². The SMILES string of the molecule is CC(C)Cc1ncc(F)c2nc(Cn3c(CC(C)C)ccc(NC(=O)CCC/C=C/C(=O)N(C)C)c3=O)[nH]c12.COC(N)=O. The summed E-state index contributed by atoms with van der Waals surface area (Å²) < 4.78 is 20.0. The molecule has 0 aliphatic carbocycles. The van der Waals surface area contributed by atoms with E-state index in [9.17, 15) is 23.6 Å². The number of primary amides is 1.